The largest absolute Gasteiger partial charge is 0.290 e. The van der Waals surface area contributed by atoms with Crippen LogP contribution in [0.15, 0.2) is 51.3 Å². The van der Waals surface area contributed by atoms with Gasteiger partial charge >= 0.3 is 0 Å². The molecule has 2 N–H and O–H groups in total. The van der Waals surface area contributed by atoms with E-state index in [-0.39, 0.29) is 16.9 Å². The Balaban J connectivity index is 1.52. The van der Waals surface area contributed by atoms with Gasteiger partial charge in [0.05, 0.1) is 5.39 Å². The van der Waals surface area contributed by atoms with Gasteiger partial charge in [-0.25, -0.2) is 9.67 Å². The van der Waals surface area contributed by atoms with Gasteiger partial charge in [0.2, 0.25) is 0 Å². The third-order valence-corrected chi connectivity index (χ3v) is 6.43. The van der Waals surface area contributed by atoms with E-state index in [0.717, 1.165) is 29.8 Å². The predicted molar refractivity (Wildman–Crippen MR) is 126 cm³/mol. The maximum absolute atomic E-state index is 12.9. The molecule has 164 valence electrons. The van der Waals surface area contributed by atoms with E-state index in [4.69, 9.17) is 0 Å². The number of nitrogens with zero attached hydrogens (tertiary/aromatic N) is 3. The van der Waals surface area contributed by atoms with E-state index in [2.05, 4.69) is 27.9 Å². The van der Waals surface area contributed by atoms with Gasteiger partial charge < -0.3 is 0 Å². The number of thiophene rings is 1. The van der Waals surface area contributed by atoms with Crippen LogP contribution in [0, 0.1) is 0 Å². The Hall–Kier alpha value is -3.37. The SMILES string of the molecule is CCCCCn1nc(C(=O)NNC(=O)c2csc(-c3ccsc3)n2)c2ccccc2c1=O. The molecule has 1 aromatic carbocycles. The van der Waals surface area contributed by atoms with E-state index in [0.29, 0.717) is 17.3 Å². The quantitative estimate of drug-likeness (QED) is 0.317. The van der Waals surface area contributed by atoms with Crippen LogP contribution in [0.2, 0.25) is 0 Å². The topological polar surface area (TPSA) is 106 Å². The maximum Gasteiger partial charge on any atom is 0.290 e. The third-order valence-electron chi connectivity index (χ3n) is 4.85. The number of aromatic nitrogens is 3. The molecule has 0 aliphatic heterocycles. The lowest BCUT2D eigenvalue weighted by Gasteiger charge is -2.11. The normalized spacial score (nSPS) is 10.9. The summed E-state index contributed by atoms with van der Waals surface area (Å²) in [6.07, 6.45) is 2.75. The smallest absolute Gasteiger partial charge is 0.267 e. The van der Waals surface area contributed by atoms with Crippen LogP contribution >= 0.6 is 22.7 Å². The van der Waals surface area contributed by atoms with Crippen molar-refractivity contribution in [3.8, 4) is 10.6 Å². The Morgan fingerprint density at radius 2 is 1.81 bits per heavy atom. The molecule has 0 spiro atoms. The molecule has 3 aromatic heterocycles. The second-order valence-corrected chi connectivity index (χ2v) is 8.73. The Morgan fingerprint density at radius 1 is 1.03 bits per heavy atom. The molecule has 32 heavy (non-hydrogen) atoms. The Morgan fingerprint density at radius 3 is 2.56 bits per heavy atom. The minimum absolute atomic E-state index is 0.0780. The molecule has 3 heterocycles. The highest BCUT2D eigenvalue weighted by Gasteiger charge is 2.18. The molecule has 2 amide bonds. The number of carbonyl (C=O) groups is 2. The van der Waals surface area contributed by atoms with Crippen molar-refractivity contribution in [1.29, 1.82) is 0 Å². The van der Waals surface area contributed by atoms with Gasteiger partial charge in [-0.3, -0.25) is 25.2 Å². The number of aryl methyl sites for hydroxylation is 1. The van der Waals surface area contributed by atoms with Crippen molar-refractivity contribution in [3.63, 3.8) is 0 Å². The minimum atomic E-state index is -0.605. The molecular formula is C22H21N5O3S2. The zero-order chi connectivity index (χ0) is 22.5. The summed E-state index contributed by atoms with van der Waals surface area (Å²) in [6, 6.07) is 8.76. The summed E-state index contributed by atoms with van der Waals surface area (Å²) in [5.41, 5.74) is 5.78. The lowest BCUT2D eigenvalue weighted by atomic mass is 10.1. The fourth-order valence-corrected chi connectivity index (χ4v) is 4.71. The first-order chi connectivity index (χ1) is 15.6. The van der Waals surface area contributed by atoms with E-state index in [9.17, 15) is 14.4 Å². The molecule has 8 nitrogen and oxygen atoms in total. The number of unbranched alkanes of at least 4 members (excludes halogenated alkanes) is 2. The Bertz CT molecular complexity index is 1310. The fraction of sp³-hybridized carbons (Fsp3) is 0.227. The molecule has 0 fully saturated rings. The number of rotatable bonds is 7. The van der Waals surface area contributed by atoms with E-state index < -0.39 is 11.8 Å². The highest BCUT2D eigenvalue weighted by atomic mass is 32.1. The molecule has 0 bridgehead atoms. The lowest BCUT2D eigenvalue weighted by Crippen LogP contribution is -2.43. The van der Waals surface area contributed by atoms with Gasteiger partial charge in [0.1, 0.15) is 10.7 Å². The summed E-state index contributed by atoms with van der Waals surface area (Å²) in [6.45, 7) is 2.50. The molecule has 0 saturated carbocycles. The van der Waals surface area contributed by atoms with Gasteiger partial charge in [-0.05, 0) is 23.9 Å². The zero-order valence-electron chi connectivity index (χ0n) is 17.3. The molecular weight excluding hydrogens is 446 g/mol. The van der Waals surface area contributed by atoms with Crippen LogP contribution in [0.25, 0.3) is 21.3 Å². The van der Waals surface area contributed by atoms with Gasteiger partial charge in [0.25, 0.3) is 17.4 Å². The van der Waals surface area contributed by atoms with Gasteiger partial charge in [0.15, 0.2) is 5.69 Å². The van der Waals surface area contributed by atoms with Crippen molar-refractivity contribution < 1.29 is 9.59 Å². The van der Waals surface area contributed by atoms with Crippen LogP contribution in [-0.4, -0.2) is 26.6 Å². The first-order valence-electron chi connectivity index (χ1n) is 10.2. The Labute approximate surface area is 191 Å². The van der Waals surface area contributed by atoms with Crippen LogP contribution < -0.4 is 16.4 Å². The number of fused-ring (bicyclic) bond motifs is 1. The standard InChI is InChI=1S/C22H21N5O3S2/c1-2-3-6-10-27-22(30)16-8-5-4-7-15(16)18(26-27)20(29)25-24-19(28)17-13-32-21(23-17)14-9-11-31-12-14/h4-5,7-9,11-13H,2-3,6,10H2,1H3,(H,24,28)(H,25,29). The molecule has 0 aliphatic rings. The van der Waals surface area contributed by atoms with Crippen LogP contribution in [0.4, 0.5) is 0 Å². The minimum Gasteiger partial charge on any atom is -0.267 e. The first-order valence-corrected chi connectivity index (χ1v) is 12.0. The second kappa shape index (κ2) is 9.84. The summed E-state index contributed by atoms with van der Waals surface area (Å²) in [5, 5.41) is 11.4. The van der Waals surface area contributed by atoms with Crippen molar-refractivity contribution in [2.24, 2.45) is 0 Å². The van der Waals surface area contributed by atoms with Crippen LogP contribution in [0.1, 0.15) is 47.2 Å². The van der Waals surface area contributed by atoms with Crippen LogP contribution in [-0.2, 0) is 6.54 Å². The van der Waals surface area contributed by atoms with Gasteiger partial charge in [-0.1, -0.05) is 38.0 Å². The van der Waals surface area contributed by atoms with Crippen molar-refractivity contribution in [1.82, 2.24) is 25.6 Å². The number of amides is 2. The lowest BCUT2D eigenvalue weighted by molar-refractivity contribution is 0.0841. The van der Waals surface area contributed by atoms with E-state index in [1.165, 1.54) is 16.0 Å². The molecule has 0 aliphatic carbocycles. The van der Waals surface area contributed by atoms with Crippen molar-refractivity contribution in [3.05, 3.63) is 68.2 Å². The molecule has 4 rings (SSSR count). The molecule has 0 saturated heterocycles. The van der Waals surface area contributed by atoms with Gasteiger partial charge in [-0.2, -0.15) is 16.4 Å². The number of hydrogen-bond donors (Lipinski definition) is 2. The first kappa shape index (κ1) is 21.8. The number of nitrogens with one attached hydrogen (secondary N) is 2. The number of hydrazine groups is 1. The highest BCUT2D eigenvalue weighted by molar-refractivity contribution is 7.14. The highest BCUT2D eigenvalue weighted by Crippen LogP contribution is 2.25. The van der Waals surface area contributed by atoms with Gasteiger partial charge in [-0.15, -0.1) is 11.3 Å². The zero-order valence-corrected chi connectivity index (χ0v) is 19.0. The van der Waals surface area contributed by atoms with Crippen molar-refractivity contribution in [2.75, 3.05) is 0 Å². The van der Waals surface area contributed by atoms with Crippen LogP contribution in [0.5, 0.6) is 0 Å². The third kappa shape index (κ3) is 4.61. The monoisotopic (exact) mass is 467 g/mol. The van der Waals surface area contributed by atoms with Gasteiger partial charge in [0, 0.05) is 28.3 Å². The van der Waals surface area contributed by atoms with Crippen LogP contribution in [0.3, 0.4) is 0 Å². The molecule has 0 atom stereocenters. The van der Waals surface area contributed by atoms with E-state index in [1.54, 1.807) is 41.0 Å². The van der Waals surface area contributed by atoms with E-state index in [1.807, 2.05) is 16.8 Å². The molecule has 4 aromatic rings. The number of benzene rings is 1. The maximum atomic E-state index is 12.9. The fourth-order valence-electron chi connectivity index (χ4n) is 3.20. The van der Waals surface area contributed by atoms with Crippen molar-refractivity contribution in [2.45, 2.75) is 32.7 Å². The molecule has 0 unspecified atom stereocenters. The average Bonchev–Trinajstić information content (AvgIpc) is 3.51. The summed E-state index contributed by atoms with van der Waals surface area (Å²) >= 11 is 2.90. The number of thiazole rings is 1. The second-order valence-electron chi connectivity index (χ2n) is 7.09. The summed E-state index contributed by atoms with van der Waals surface area (Å²) in [7, 11) is 0. The summed E-state index contributed by atoms with van der Waals surface area (Å²) < 4.78 is 1.32. The summed E-state index contributed by atoms with van der Waals surface area (Å²) in [5.74, 6) is -1.14. The van der Waals surface area contributed by atoms with Crippen molar-refractivity contribution >= 4 is 45.3 Å². The average molecular weight is 468 g/mol. The number of carbonyl (C=O) groups excluding carboxylic acids is 2. The number of hydrogen-bond acceptors (Lipinski definition) is 7. The molecule has 10 heteroatoms. The molecule has 0 radical (unpaired) electrons. The Kier molecular flexibility index (Phi) is 6.72. The van der Waals surface area contributed by atoms with E-state index >= 15 is 0 Å². The summed E-state index contributed by atoms with van der Waals surface area (Å²) in [4.78, 5) is 42.4. The predicted octanol–water partition coefficient (Wildman–Crippen LogP) is 3.85.